The number of halogens is 2. The zero-order chi connectivity index (χ0) is 27.8. The molecule has 2 heterocycles. The van der Waals surface area contributed by atoms with Gasteiger partial charge in [0.2, 0.25) is 0 Å². The van der Waals surface area contributed by atoms with Gasteiger partial charge in [-0.25, -0.2) is 0 Å². The first-order valence-electron chi connectivity index (χ1n) is 13.1. The van der Waals surface area contributed by atoms with Crippen molar-refractivity contribution in [1.29, 1.82) is 0 Å². The highest BCUT2D eigenvalue weighted by Crippen LogP contribution is 2.61. The average Bonchev–Trinajstić information content (AvgIpc) is 3.39. The Kier molecular flexibility index (Phi) is 5.64. The van der Waals surface area contributed by atoms with E-state index in [0.29, 0.717) is 32.3 Å². The highest BCUT2D eigenvalue weighted by Gasteiger charge is 2.71. The first kappa shape index (κ1) is 25.0. The number of aryl methyl sites for hydroxylation is 1. The molecular formula is C34H23Cl2NO3. The van der Waals surface area contributed by atoms with Crippen LogP contribution in [-0.4, -0.2) is 29.4 Å². The summed E-state index contributed by atoms with van der Waals surface area (Å²) in [6, 6.07) is 25.4. The van der Waals surface area contributed by atoms with Crippen LogP contribution in [0.3, 0.4) is 0 Å². The molecule has 1 spiro atoms. The molecule has 3 atom stereocenters. The lowest BCUT2D eigenvalue weighted by Crippen LogP contribution is -2.48. The number of benzene rings is 4. The van der Waals surface area contributed by atoms with Crippen molar-refractivity contribution in [1.82, 2.24) is 0 Å². The summed E-state index contributed by atoms with van der Waals surface area (Å²) in [6.07, 6.45) is 3.78. The quantitative estimate of drug-likeness (QED) is 0.190. The summed E-state index contributed by atoms with van der Waals surface area (Å²) in [4.78, 5) is 45.9. The van der Waals surface area contributed by atoms with Crippen LogP contribution in [0, 0.1) is 12.3 Å². The molecule has 7 rings (SSSR count). The minimum absolute atomic E-state index is 0.181. The van der Waals surface area contributed by atoms with Gasteiger partial charge >= 0.3 is 0 Å². The monoisotopic (exact) mass is 563 g/mol. The van der Waals surface area contributed by atoms with Crippen molar-refractivity contribution < 1.29 is 14.4 Å². The second kappa shape index (κ2) is 9.02. The lowest BCUT2D eigenvalue weighted by atomic mass is 9.64. The number of fused-ring (bicyclic) bond motifs is 5. The second-order valence-electron chi connectivity index (χ2n) is 10.7. The molecule has 0 radical (unpaired) electrons. The number of hydrogen-bond donors (Lipinski definition) is 0. The summed E-state index contributed by atoms with van der Waals surface area (Å²) < 4.78 is 0. The predicted molar refractivity (Wildman–Crippen MR) is 158 cm³/mol. The van der Waals surface area contributed by atoms with Crippen LogP contribution in [0.15, 0.2) is 97.1 Å². The zero-order valence-electron chi connectivity index (χ0n) is 21.5. The topological polar surface area (TPSA) is 54.5 Å². The van der Waals surface area contributed by atoms with Crippen molar-refractivity contribution in [2.45, 2.75) is 24.9 Å². The fraction of sp³-hybridized carbons (Fsp3) is 0.147. The highest BCUT2D eigenvalue weighted by atomic mass is 35.5. The predicted octanol–water partition coefficient (Wildman–Crippen LogP) is 7.62. The first-order valence-corrected chi connectivity index (χ1v) is 13.9. The lowest BCUT2D eigenvalue weighted by Gasteiger charge is -2.37. The van der Waals surface area contributed by atoms with Gasteiger partial charge in [0, 0.05) is 38.3 Å². The normalized spacial score (nSPS) is 21.9. The van der Waals surface area contributed by atoms with Crippen molar-refractivity contribution in [3.05, 3.63) is 140 Å². The molecule has 4 aromatic carbocycles. The number of Topliss-reactive ketones (excluding diaryl/α,β-unsaturated/α-hetero) is 3. The molecule has 0 aromatic heterocycles. The lowest BCUT2D eigenvalue weighted by molar-refractivity contribution is 0.0666. The maximum atomic E-state index is 14.7. The van der Waals surface area contributed by atoms with Crippen LogP contribution in [0.5, 0.6) is 0 Å². The third-order valence-corrected chi connectivity index (χ3v) is 9.19. The molecular weight excluding hydrogens is 541 g/mol. The van der Waals surface area contributed by atoms with Crippen LogP contribution >= 0.6 is 23.2 Å². The van der Waals surface area contributed by atoms with Crippen molar-refractivity contribution in [3.8, 4) is 0 Å². The van der Waals surface area contributed by atoms with Crippen molar-refractivity contribution >= 4 is 52.3 Å². The van der Waals surface area contributed by atoms with E-state index in [4.69, 9.17) is 23.2 Å². The molecule has 0 amide bonds. The van der Waals surface area contributed by atoms with Crippen molar-refractivity contribution in [2.75, 3.05) is 4.90 Å². The van der Waals surface area contributed by atoms with Gasteiger partial charge < -0.3 is 4.90 Å². The van der Waals surface area contributed by atoms with Gasteiger partial charge in [0.25, 0.3) is 0 Å². The second-order valence-corrected chi connectivity index (χ2v) is 11.5. The molecule has 0 N–H and O–H groups in total. The standard InChI is InChI=1S/C34H23Cl2NO3/c1-19-10-12-20(13-11-19)31(38)30-29(25-8-4-5-9-26(25)36)34(32(39)23-6-2-3-7-24(23)33(34)40)28-17-14-21-18-22(35)15-16-27(21)37(28)30/h2-18,28-30H,1H3/t28-,29-,30-/m1/s1. The number of ketones is 3. The third kappa shape index (κ3) is 3.30. The molecule has 6 heteroatoms. The molecule has 1 saturated heterocycles. The maximum Gasteiger partial charge on any atom is 0.185 e. The minimum atomic E-state index is -1.59. The van der Waals surface area contributed by atoms with E-state index in [1.807, 2.05) is 66.4 Å². The summed E-state index contributed by atoms with van der Waals surface area (Å²) in [5.74, 6) is -1.60. The van der Waals surface area contributed by atoms with Crippen molar-refractivity contribution in [3.63, 3.8) is 0 Å². The van der Waals surface area contributed by atoms with Gasteiger partial charge in [0.15, 0.2) is 17.3 Å². The molecule has 0 unspecified atom stereocenters. The number of carbonyl (C=O) groups excluding carboxylic acids is 3. The van der Waals surface area contributed by atoms with E-state index >= 15 is 0 Å². The third-order valence-electron chi connectivity index (χ3n) is 8.61. The van der Waals surface area contributed by atoms with Gasteiger partial charge in [-0.3, -0.25) is 14.4 Å². The van der Waals surface area contributed by atoms with E-state index in [2.05, 4.69) is 0 Å². The van der Waals surface area contributed by atoms with Crippen LogP contribution < -0.4 is 4.90 Å². The Morgan fingerprint density at radius 3 is 2.15 bits per heavy atom. The van der Waals surface area contributed by atoms with E-state index in [9.17, 15) is 14.4 Å². The Morgan fingerprint density at radius 2 is 1.48 bits per heavy atom. The number of nitrogens with zero attached hydrogens (tertiary/aromatic N) is 1. The van der Waals surface area contributed by atoms with E-state index in [1.165, 1.54) is 0 Å². The largest absolute Gasteiger partial charge is 0.352 e. The summed E-state index contributed by atoms with van der Waals surface area (Å²) in [5, 5.41) is 0.963. The summed E-state index contributed by atoms with van der Waals surface area (Å²) in [7, 11) is 0. The fourth-order valence-electron chi connectivity index (χ4n) is 6.91. The summed E-state index contributed by atoms with van der Waals surface area (Å²) >= 11 is 13.2. The highest BCUT2D eigenvalue weighted by molar-refractivity contribution is 6.34. The first-order chi connectivity index (χ1) is 19.3. The van der Waals surface area contributed by atoms with Crippen LogP contribution in [-0.2, 0) is 0 Å². The maximum absolute atomic E-state index is 14.7. The van der Waals surface area contributed by atoms with E-state index < -0.39 is 23.4 Å². The number of rotatable bonds is 3. The van der Waals surface area contributed by atoms with Crippen molar-refractivity contribution in [2.24, 2.45) is 5.41 Å². The van der Waals surface area contributed by atoms with E-state index in [-0.39, 0.29) is 17.3 Å². The zero-order valence-corrected chi connectivity index (χ0v) is 23.0. The van der Waals surface area contributed by atoms with Crippen LogP contribution in [0.4, 0.5) is 5.69 Å². The molecule has 0 saturated carbocycles. The molecule has 4 aromatic rings. The molecule has 1 aliphatic carbocycles. The molecule has 2 aliphatic heterocycles. The number of anilines is 1. The molecule has 196 valence electrons. The van der Waals surface area contributed by atoms with Gasteiger partial charge in [-0.1, -0.05) is 108 Å². The Hall–Kier alpha value is -3.99. The van der Waals surface area contributed by atoms with Gasteiger partial charge in [-0.05, 0) is 42.3 Å². The van der Waals surface area contributed by atoms with E-state index in [1.54, 1.807) is 48.5 Å². The van der Waals surface area contributed by atoms with E-state index in [0.717, 1.165) is 16.8 Å². The summed E-state index contributed by atoms with van der Waals surface area (Å²) in [5.41, 5.74) is 2.85. The Morgan fingerprint density at radius 1 is 0.825 bits per heavy atom. The molecule has 4 nitrogen and oxygen atoms in total. The van der Waals surface area contributed by atoms with Crippen LogP contribution in [0.2, 0.25) is 10.0 Å². The molecule has 0 bridgehead atoms. The number of hydrogen-bond acceptors (Lipinski definition) is 4. The number of carbonyl (C=O) groups is 3. The van der Waals surface area contributed by atoms with Crippen LogP contribution in [0.1, 0.15) is 53.7 Å². The SMILES string of the molecule is Cc1ccc(C(=O)[C@H]2[C@@H](c3ccccc3Cl)C3(C(=O)c4ccccc4C3=O)[C@H]3C=Cc4cc(Cl)ccc4N23)cc1. The Balaban J connectivity index is 1.56. The van der Waals surface area contributed by atoms with Gasteiger partial charge in [-0.15, -0.1) is 0 Å². The van der Waals surface area contributed by atoms with Gasteiger partial charge in [0.05, 0.1) is 6.04 Å². The van der Waals surface area contributed by atoms with Gasteiger partial charge in [-0.2, -0.15) is 0 Å². The average molecular weight is 564 g/mol. The summed E-state index contributed by atoms with van der Waals surface area (Å²) in [6.45, 7) is 1.96. The van der Waals surface area contributed by atoms with Crippen LogP contribution in [0.25, 0.3) is 6.08 Å². The Labute approximate surface area is 241 Å². The minimum Gasteiger partial charge on any atom is -0.352 e. The molecule has 3 aliphatic rings. The Bertz CT molecular complexity index is 1740. The molecule has 1 fully saturated rings. The van der Waals surface area contributed by atoms with Gasteiger partial charge in [0.1, 0.15) is 11.5 Å². The smallest absolute Gasteiger partial charge is 0.185 e. The molecule has 40 heavy (non-hydrogen) atoms. The fourth-order valence-corrected chi connectivity index (χ4v) is 7.34.